The van der Waals surface area contributed by atoms with Gasteiger partial charge in [0.25, 0.3) is 5.91 Å². The SMILES string of the molecule is CC(=O)O[C@@H]1NC(=O)N(Br)C(=O)[C@H]1F. The predicted octanol–water partition coefficient (Wildman–Crippen LogP) is 0.0754. The zero-order valence-corrected chi connectivity index (χ0v) is 8.58. The molecule has 1 aliphatic heterocycles. The zero-order chi connectivity index (χ0) is 10.9. The van der Waals surface area contributed by atoms with E-state index < -0.39 is 30.3 Å². The van der Waals surface area contributed by atoms with E-state index in [1.807, 2.05) is 5.32 Å². The molecule has 0 radical (unpaired) electrons. The topological polar surface area (TPSA) is 75.7 Å². The maximum atomic E-state index is 13.1. The van der Waals surface area contributed by atoms with E-state index in [9.17, 15) is 18.8 Å². The molecule has 3 amide bonds. The van der Waals surface area contributed by atoms with E-state index >= 15 is 0 Å². The van der Waals surface area contributed by atoms with Gasteiger partial charge in [0.15, 0.2) is 0 Å². The van der Waals surface area contributed by atoms with Crippen molar-refractivity contribution in [2.24, 2.45) is 0 Å². The molecule has 0 saturated carbocycles. The first-order valence-corrected chi connectivity index (χ1v) is 4.26. The van der Waals surface area contributed by atoms with Gasteiger partial charge in [0, 0.05) is 6.92 Å². The maximum absolute atomic E-state index is 13.1. The van der Waals surface area contributed by atoms with Gasteiger partial charge in [-0.05, 0) is 0 Å². The first-order valence-electron chi connectivity index (χ1n) is 3.55. The largest absolute Gasteiger partial charge is 0.438 e. The molecule has 1 aliphatic rings. The van der Waals surface area contributed by atoms with Gasteiger partial charge in [-0.15, -0.1) is 0 Å². The van der Waals surface area contributed by atoms with Crippen molar-refractivity contribution in [3.8, 4) is 0 Å². The average Bonchev–Trinajstić information content (AvgIpc) is 2.10. The molecule has 0 aromatic rings. The molecule has 1 N–H and O–H groups in total. The highest BCUT2D eigenvalue weighted by Gasteiger charge is 2.42. The van der Waals surface area contributed by atoms with Gasteiger partial charge < -0.3 is 4.74 Å². The number of carbonyl (C=O) groups excluding carboxylic acids is 3. The summed E-state index contributed by atoms with van der Waals surface area (Å²) < 4.78 is 17.9. The molecule has 0 unspecified atom stereocenters. The Labute approximate surface area is 86.7 Å². The number of carbonyl (C=O) groups is 3. The number of alkyl halides is 1. The molecule has 1 rings (SSSR count). The van der Waals surface area contributed by atoms with Gasteiger partial charge in [0.1, 0.15) is 0 Å². The van der Waals surface area contributed by atoms with Gasteiger partial charge in [-0.3, -0.25) is 14.9 Å². The van der Waals surface area contributed by atoms with Crippen LogP contribution in [0.1, 0.15) is 6.92 Å². The van der Waals surface area contributed by atoms with Crippen LogP contribution in [0, 0.1) is 0 Å². The van der Waals surface area contributed by atoms with E-state index in [4.69, 9.17) is 0 Å². The molecule has 1 saturated heterocycles. The molecule has 1 fully saturated rings. The Morgan fingerprint density at radius 3 is 2.71 bits per heavy atom. The lowest BCUT2D eigenvalue weighted by Crippen LogP contribution is -2.59. The Kier molecular flexibility index (Phi) is 3.04. The lowest BCUT2D eigenvalue weighted by atomic mass is 10.3. The smallest absolute Gasteiger partial charge is 0.337 e. The van der Waals surface area contributed by atoms with Crippen LogP contribution in [0.25, 0.3) is 0 Å². The van der Waals surface area contributed by atoms with E-state index in [2.05, 4.69) is 20.9 Å². The van der Waals surface area contributed by atoms with E-state index in [0.29, 0.717) is 3.93 Å². The molecular formula is C6H6BrFN2O4. The van der Waals surface area contributed by atoms with Crippen LogP contribution in [-0.4, -0.2) is 34.2 Å². The zero-order valence-electron chi connectivity index (χ0n) is 6.99. The lowest BCUT2D eigenvalue weighted by Gasteiger charge is -2.29. The van der Waals surface area contributed by atoms with Crippen molar-refractivity contribution in [2.75, 3.05) is 0 Å². The fourth-order valence-corrected chi connectivity index (χ4v) is 1.16. The Morgan fingerprint density at radius 1 is 1.64 bits per heavy atom. The second-order valence-corrected chi connectivity index (χ2v) is 3.21. The lowest BCUT2D eigenvalue weighted by molar-refractivity contribution is -0.156. The number of imide groups is 1. The third-order valence-corrected chi connectivity index (χ3v) is 2.10. The highest BCUT2D eigenvalue weighted by atomic mass is 79.9. The standard InChI is InChI=1S/C6H6BrFN2O4/c1-2(11)14-4-3(8)5(12)10(7)6(13)9-4/h3-4H,1H3,(H,9,13)/t3-,4-/m0/s1. The number of rotatable bonds is 1. The summed E-state index contributed by atoms with van der Waals surface area (Å²) in [6.45, 7) is 1.05. The minimum Gasteiger partial charge on any atom is -0.438 e. The molecule has 0 bridgehead atoms. The van der Waals surface area contributed by atoms with Gasteiger partial charge >= 0.3 is 12.0 Å². The van der Waals surface area contributed by atoms with Gasteiger partial charge in [-0.2, -0.15) is 3.93 Å². The van der Waals surface area contributed by atoms with Crippen LogP contribution in [0.5, 0.6) is 0 Å². The van der Waals surface area contributed by atoms with E-state index in [0.717, 1.165) is 6.92 Å². The highest BCUT2D eigenvalue weighted by Crippen LogP contribution is 2.15. The molecule has 1 heterocycles. The maximum Gasteiger partial charge on any atom is 0.337 e. The normalized spacial score (nSPS) is 27.2. The molecule has 0 aliphatic carbocycles. The summed E-state index contributed by atoms with van der Waals surface area (Å²) in [7, 11) is 0. The number of hydrogen-bond donors (Lipinski definition) is 1. The summed E-state index contributed by atoms with van der Waals surface area (Å²) >= 11 is 2.54. The third kappa shape index (κ3) is 2.00. The van der Waals surface area contributed by atoms with Crippen molar-refractivity contribution in [2.45, 2.75) is 19.3 Å². The van der Waals surface area contributed by atoms with Crippen LogP contribution in [0.15, 0.2) is 0 Å². The Balaban J connectivity index is 2.75. The number of nitrogens with zero attached hydrogens (tertiary/aromatic N) is 1. The van der Waals surface area contributed by atoms with Crippen molar-refractivity contribution >= 4 is 34.1 Å². The minimum atomic E-state index is -2.10. The van der Waals surface area contributed by atoms with Crippen molar-refractivity contribution in [1.82, 2.24) is 9.24 Å². The molecule has 0 aromatic heterocycles. The van der Waals surface area contributed by atoms with Crippen molar-refractivity contribution < 1.29 is 23.5 Å². The second kappa shape index (κ2) is 3.91. The van der Waals surface area contributed by atoms with E-state index in [1.165, 1.54) is 0 Å². The summed E-state index contributed by atoms with van der Waals surface area (Å²) in [5.74, 6) is -1.89. The quantitative estimate of drug-likeness (QED) is 0.540. The van der Waals surface area contributed by atoms with Crippen molar-refractivity contribution in [1.29, 1.82) is 0 Å². The first-order chi connectivity index (χ1) is 6.43. The number of halogens is 2. The third-order valence-electron chi connectivity index (χ3n) is 1.43. The van der Waals surface area contributed by atoms with Crippen LogP contribution in [0.2, 0.25) is 0 Å². The summed E-state index contributed by atoms with van der Waals surface area (Å²) in [6, 6.07) is -0.879. The summed E-state index contributed by atoms with van der Waals surface area (Å²) in [5.41, 5.74) is 0. The van der Waals surface area contributed by atoms with Gasteiger partial charge in [-0.25, -0.2) is 9.18 Å². The molecule has 8 heteroatoms. The van der Waals surface area contributed by atoms with Crippen LogP contribution in [-0.2, 0) is 14.3 Å². The van der Waals surface area contributed by atoms with Crippen molar-refractivity contribution in [3.05, 3.63) is 0 Å². The van der Waals surface area contributed by atoms with Gasteiger partial charge in [0.2, 0.25) is 12.4 Å². The molecule has 0 aromatic carbocycles. The molecular weight excluding hydrogens is 263 g/mol. The summed E-state index contributed by atoms with van der Waals surface area (Å²) in [5, 5.41) is 1.98. The fourth-order valence-electron chi connectivity index (χ4n) is 0.857. The van der Waals surface area contributed by atoms with E-state index in [-0.39, 0.29) is 0 Å². The molecule has 6 nitrogen and oxygen atoms in total. The van der Waals surface area contributed by atoms with Gasteiger partial charge in [0.05, 0.1) is 16.1 Å². The van der Waals surface area contributed by atoms with Crippen LogP contribution in [0.4, 0.5) is 9.18 Å². The number of ether oxygens (including phenoxy) is 1. The second-order valence-electron chi connectivity index (χ2n) is 2.50. The highest BCUT2D eigenvalue weighted by molar-refractivity contribution is 9.08. The first kappa shape index (κ1) is 10.9. The Morgan fingerprint density at radius 2 is 2.21 bits per heavy atom. The monoisotopic (exact) mass is 268 g/mol. The average molecular weight is 269 g/mol. The molecule has 78 valence electrons. The number of esters is 1. The number of amides is 3. The molecule has 0 spiro atoms. The van der Waals surface area contributed by atoms with Gasteiger partial charge in [-0.1, -0.05) is 0 Å². The van der Waals surface area contributed by atoms with Crippen LogP contribution < -0.4 is 5.32 Å². The van der Waals surface area contributed by atoms with Crippen molar-refractivity contribution in [3.63, 3.8) is 0 Å². The summed E-state index contributed by atoms with van der Waals surface area (Å²) in [6.07, 6.45) is -3.66. The number of nitrogens with one attached hydrogen (secondary N) is 1. The number of urea groups is 1. The number of hydrogen-bond acceptors (Lipinski definition) is 4. The Bertz CT molecular complexity index is 298. The Hall–Kier alpha value is -1.18. The van der Waals surface area contributed by atoms with Crippen LogP contribution in [0.3, 0.4) is 0 Å². The predicted molar refractivity (Wildman–Crippen MR) is 44.8 cm³/mol. The summed E-state index contributed by atoms with van der Waals surface area (Å²) in [4.78, 5) is 32.4. The van der Waals surface area contributed by atoms with Crippen LogP contribution >= 0.6 is 16.1 Å². The fraction of sp³-hybridized carbons (Fsp3) is 0.500. The molecule has 14 heavy (non-hydrogen) atoms. The van der Waals surface area contributed by atoms with E-state index in [1.54, 1.807) is 0 Å². The minimum absolute atomic E-state index is 0.400. The molecule has 2 atom stereocenters.